The summed E-state index contributed by atoms with van der Waals surface area (Å²) in [6.07, 6.45) is -0.479. The molecule has 1 fully saturated rings. The predicted octanol–water partition coefficient (Wildman–Crippen LogP) is 2.00. The number of sulfone groups is 1. The van der Waals surface area contributed by atoms with E-state index in [1.807, 2.05) is 0 Å². The van der Waals surface area contributed by atoms with Crippen LogP contribution in [0.5, 0.6) is 5.75 Å². The first-order valence-electron chi connectivity index (χ1n) is 6.78. The summed E-state index contributed by atoms with van der Waals surface area (Å²) in [6.45, 7) is 1.52. The van der Waals surface area contributed by atoms with E-state index in [4.69, 9.17) is 4.74 Å². The van der Waals surface area contributed by atoms with Gasteiger partial charge in [-0.05, 0) is 31.5 Å². The highest BCUT2D eigenvalue weighted by Crippen LogP contribution is 2.23. The Balaban J connectivity index is 2.02. The van der Waals surface area contributed by atoms with Crippen LogP contribution in [-0.4, -0.2) is 49.9 Å². The van der Waals surface area contributed by atoms with Gasteiger partial charge < -0.3 is 9.64 Å². The molecule has 1 heterocycles. The molecule has 0 aliphatic carbocycles. The third-order valence-corrected chi connectivity index (χ3v) is 5.89. The first-order chi connectivity index (χ1) is 10.2. The Labute approximate surface area is 137 Å². The largest absolute Gasteiger partial charge is 0.478 e. The zero-order chi connectivity index (χ0) is 16.5. The molecule has 0 aromatic heterocycles. The predicted molar refractivity (Wildman–Crippen MR) is 84.0 cm³/mol. The summed E-state index contributed by atoms with van der Waals surface area (Å²) in [6, 6.07) is 3.95. The highest BCUT2D eigenvalue weighted by molar-refractivity contribution is 9.10. The van der Waals surface area contributed by atoms with Crippen LogP contribution in [0, 0.1) is 5.82 Å². The molecule has 2 rings (SSSR count). The Morgan fingerprint density at radius 2 is 2.18 bits per heavy atom. The molecule has 0 saturated carbocycles. The third-order valence-electron chi connectivity index (χ3n) is 3.65. The van der Waals surface area contributed by atoms with Crippen LogP contribution in [0.25, 0.3) is 0 Å². The Morgan fingerprint density at radius 3 is 2.73 bits per heavy atom. The van der Waals surface area contributed by atoms with Gasteiger partial charge in [-0.2, -0.15) is 0 Å². The van der Waals surface area contributed by atoms with Crippen LogP contribution in [0.4, 0.5) is 4.39 Å². The van der Waals surface area contributed by atoms with Crippen molar-refractivity contribution in [1.29, 1.82) is 0 Å². The van der Waals surface area contributed by atoms with E-state index in [-0.39, 0.29) is 29.2 Å². The molecular weight excluding hydrogens is 377 g/mol. The molecule has 1 aliphatic rings. The second-order valence-corrected chi connectivity index (χ2v) is 8.49. The minimum absolute atomic E-state index is 0.0171. The zero-order valence-electron chi connectivity index (χ0n) is 12.3. The molecule has 0 N–H and O–H groups in total. The van der Waals surface area contributed by atoms with Crippen molar-refractivity contribution in [2.24, 2.45) is 0 Å². The molecule has 5 nitrogen and oxygen atoms in total. The maximum atomic E-state index is 13.7. The Hall–Kier alpha value is -1.15. The Bertz CT molecular complexity index is 679. The summed E-state index contributed by atoms with van der Waals surface area (Å²) in [5, 5.41) is 0. The van der Waals surface area contributed by atoms with Gasteiger partial charge in [-0.1, -0.05) is 15.9 Å². The molecule has 2 unspecified atom stereocenters. The van der Waals surface area contributed by atoms with Crippen LogP contribution in [0.15, 0.2) is 22.7 Å². The Morgan fingerprint density at radius 1 is 1.50 bits per heavy atom. The topological polar surface area (TPSA) is 63.7 Å². The van der Waals surface area contributed by atoms with E-state index in [0.717, 1.165) is 0 Å². The summed E-state index contributed by atoms with van der Waals surface area (Å²) in [5.41, 5.74) is 0. The number of carbonyl (C=O) groups is 1. The zero-order valence-corrected chi connectivity index (χ0v) is 14.7. The smallest absolute Gasteiger partial charge is 0.263 e. The number of hydrogen-bond acceptors (Lipinski definition) is 4. The van der Waals surface area contributed by atoms with Crippen LogP contribution in [-0.2, 0) is 14.6 Å². The number of benzene rings is 1. The summed E-state index contributed by atoms with van der Waals surface area (Å²) in [7, 11) is -1.52. The number of carbonyl (C=O) groups excluding carboxylic acids is 1. The van der Waals surface area contributed by atoms with E-state index in [2.05, 4.69) is 15.9 Å². The van der Waals surface area contributed by atoms with Crippen LogP contribution in [0.3, 0.4) is 0 Å². The molecule has 1 amide bonds. The van der Waals surface area contributed by atoms with Gasteiger partial charge in [-0.3, -0.25) is 4.79 Å². The van der Waals surface area contributed by atoms with Gasteiger partial charge in [-0.15, -0.1) is 0 Å². The van der Waals surface area contributed by atoms with E-state index >= 15 is 0 Å². The average molecular weight is 394 g/mol. The lowest BCUT2D eigenvalue weighted by Gasteiger charge is -2.26. The van der Waals surface area contributed by atoms with Crippen molar-refractivity contribution in [3.05, 3.63) is 28.5 Å². The van der Waals surface area contributed by atoms with E-state index in [0.29, 0.717) is 10.9 Å². The molecule has 0 spiro atoms. The minimum atomic E-state index is -3.07. The molecule has 122 valence electrons. The number of rotatable bonds is 4. The van der Waals surface area contributed by atoms with Crippen molar-refractivity contribution in [1.82, 2.24) is 4.90 Å². The highest BCUT2D eigenvalue weighted by atomic mass is 79.9. The molecule has 1 aromatic carbocycles. The van der Waals surface area contributed by atoms with Gasteiger partial charge in [0, 0.05) is 17.6 Å². The van der Waals surface area contributed by atoms with Gasteiger partial charge >= 0.3 is 0 Å². The molecule has 8 heteroatoms. The second-order valence-electron chi connectivity index (χ2n) is 5.34. The van der Waals surface area contributed by atoms with Crippen LogP contribution >= 0.6 is 15.9 Å². The summed E-state index contributed by atoms with van der Waals surface area (Å²) in [5.74, 6) is -0.901. The SMILES string of the molecule is CC(Oc1ccc(Br)cc1F)C(=O)N(C)C1CCS(=O)(=O)C1. The summed E-state index contributed by atoms with van der Waals surface area (Å²) < 4.78 is 42.6. The number of halogens is 2. The number of hydrogen-bond donors (Lipinski definition) is 0. The van der Waals surface area contributed by atoms with E-state index in [1.54, 1.807) is 13.1 Å². The number of amides is 1. The molecule has 1 aliphatic heterocycles. The number of likely N-dealkylation sites (N-methyl/N-ethyl adjacent to an activating group) is 1. The van der Waals surface area contributed by atoms with Crippen LogP contribution < -0.4 is 4.74 Å². The highest BCUT2D eigenvalue weighted by Gasteiger charge is 2.34. The van der Waals surface area contributed by atoms with Crippen molar-refractivity contribution < 1.29 is 22.3 Å². The van der Waals surface area contributed by atoms with Crippen molar-refractivity contribution >= 4 is 31.7 Å². The van der Waals surface area contributed by atoms with Gasteiger partial charge in [0.05, 0.1) is 11.5 Å². The van der Waals surface area contributed by atoms with Crippen LogP contribution in [0.1, 0.15) is 13.3 Å². The van der Waals surface area contributed by atoms with Gasteiger partial charge in [0.15, 0.2) is 27.5 Å². The molecular formula is C14H17BrFNO4S. The van der Waals surface area contributed by atoms with E-state index in [9.17, 15) is 17.6 Å². The molecule has 0 bridgehead atoms. The third kappa shape index (κ3) is 3.98. The standard InChI is InChI=1S/C14H17BrFNO4S/c1-9(21-13-4-3-10(15)7-12(13)16)14(18)17(2)11-5-6-22(19,20)8-11/h3-4,7,9,11H,5-6,8H2,1-2H3. The molecule has 22 heavy (non-hydrogen) atoms. The maximum absolute atomic E-state index is 13.7. The fourth-order valence-electron chi connectivity index (χ4n) is 2.36. The van der Waals surface area contributed by atoms with Gasteiger partial charge in [0.25, 0.3) is 5.91 Å². The van der Waals surface area contributed by atoms with Crippen molar-refractivity contribution in [2.75, 3.05) is 18.6 Å². The lowest BCUT2D eigenvalue weighted by molar-refractivity contribution is -0.138. The number of nitrogens with zero attached hydrogens (tertiary/aromatic N) is 1. The fourth-order valence-corrected chi connectivity index (χ4v) is 4.47. The molecule has 1 aromatic rings. The van der Waals surface area contributed by atoms with Crippen molar-refractivity contribution in [3.8, 4) is 5.75 Å². The van der Waals surface area contributed by atoms with Crippen molar-refractivity contribution in [3.63, 3.8) is 0 Å². The molecule has 0 radical (unpaired) electrons. The minimum Gasteiger partial charge on any atom is -0.478 e. The first kappa shape index (κ1) is 17.2. The quantitative estimate of drug-likeness (QED) is 0.784. The average Bonchev–Trinajstić information content (AvgIpc) is 2.80. The van der Waals surface area contributed by atoms with E-state index < -0.39 is 21.8 Å². The maximum Gasteiger partial charge on any atom is 0.263 e. The number of ether oxygens (including phenoxy) is 1. The van der Waals surface area contributed by atoms with E-state index in [1.165, 1.54) is 24.0 Å². The lowest BCUT2D eigenvalue weighted by Crippen LogP contribution is -2.44. The normalized spacial score (nSPS) is 21.4. The van der Waals surface area contributed by atoms with Gasteiger partial charge in [-0.25, -0.2) is 12.8 Å². The lowest BCUT2D eigenvalue weighted by atomic mass is 10.2. The van der Waals surface area contributed by atoms with Crippen molar-refractivity contribution in [2.45, 2.75) is 25.5 Å². The van der Waals surface area contributed by atoms with Gasteiger partial charge in [0.1, 0.15) is 0 Å². The van der Waals surface area contributed by atoms with Gasteiger partial charge in [0.2, 0.25) is 0 Å². The monoisotopic (exact) mass is 393 g/mol. The summed E-state index contributed by atoms with van der Waals surface area (Å²) >= 11 is 3.14. The summed E-state index contributed by atoms with van der Waals surface area (Å²) in [4.78, 5) is 13.7. The van der Waals surface area contributed by atoms with Crippen LogP contribution in [0.2, 0.25) is 0 Å². The first-order valence-corrected chi connectivity index (χ1v) is 9.40. The molecule has 1 saturated heterocycles. The molecule has 2 atom stereocenters. The Kier molecular flexibility index (Phi) is 5.11. The second kappa shape index (κ2) is 6.54. The fraction of sp³-hybridized carbons (Fsp3) is 0.500.